The summed E-state index contributed by atoms with van der Waals surface area (Å²) in [6.07, 6.45) is 0.192. The third-order valence-electron chi connectivity index (χ3n) is 2.66. The van der Waals surface area contributed by atoms with E-state index < -0.39 is 0 Å². The number of rotatable bonds is 6. The Morgan fingerprint density at radius 2 is 1.94 bits per heavy atom. The van der Waals surface area contributed by atoms with Gasteiger partial charge in [-0.25, -0.2) is 0 Å². The van der Waals surface area contributed by atoms with E-state index in [2.05, 4.69) is 0 Å². The fourth-order valence-corrected chi connectivity index (χ4v) is 1.53. The van der Waals surface area contributed by atoms with Crippen molar-refractivity contribution in [2.75, 3.05) is 20.2 Å². The number of nitrogens with two attached hydrogens (primary N) is 1. The van der Waals surface area contributed by atoms with Crippen molar-refractivity contribution in [3.05, 3.63) is 35.4 Å². The van der Waals surface area contributed by atoms with Gasteiger partial charge >= 0.3 is 0 Å². The van der Waals surface area contributed by atoms with Crippen LogP contribution in [0.5, 0.6) is 0 Å². The van der Waals surface area contributed by atoms with Gasteiger partial charge in [-0.05, 0) is 31.5 Å². The second-order valence-electron chi connectivity index (χ2n) is 4.55. The van der Waals surface area contributed by atoms with E-state index in [1.165, 1.54) is 0 Å². The molecule has 0 aliphatic heterocycles. The van der Waals surface area contributed by atoms with E-state index in [1.54, 1.807) is 11.9 Å². The maximum atomic E-state index is 12.1. The number of hydrogen-bond acceptors (Lipinski definition) is 3. The predicted octanol–water partition coefficient (Wildman–Crippen LogP) is 1.64. The molecule has 18 heavy (non-hydrogen) atoms. The Morgan fingerprint density at radius 1 is 1.33 bits per heavy atom. The Balaban J connectivity index is 2.51. The normalized spacial score (nSPS) is 10.7. The molecule has 0 aliphatic carbocycles. The van der Waals surface area contributed by atoms with Crippen LogP contribution in [0.25, 0.3) is 0 Å². The molecule has 4 heteroatoms. The summed E-state index contributed by atoms with van der Waals surface area (Å²) in [5, 5.41) is 0. The highest BCUT2D eigenvalue weighted by Gasteiger charge is 2.11. The zero-order valence-electron chi connectivity index (χ0n) is 11.3. The topological polar surface area (TPSA) is 55.6 Å². The Morgan fingerprint density at radius 3 is 2.44 bits per heavy atom. The van der Waals surface area contributed by atoms with E-state index >= 15 is 0 Å². The fraction of sp³-hybridized carbons (Fsp3) is 0.500. The molecule has 0 aromatic heterocycles. The number of amides is 1. The highest BCUT2D eigenvalue weighted by Crippen LogP contribution is 2.06. The number of nitrogens with zero attached hydrogens (tertiary/aromatic N) is 1. The van der Waals surface area contributed by atoms with Crippen molar-refractivity contribution in [1.82, 2.24) is 4.90 Å². The van der Waals surface area contributed by atoms with Crippen LogP contribution in [0.1, 0.15) is 29.8 Å². The highest BCUT2D eigenvalue weighted by atomic mass is 16.5. The highest BCUT2D eigenvalue weighted by molar-refractivity contribution is 5.94. The summed E-state index contributed by atoms with van der Waals surface area (Å²) < 4.78 is 5.42. The van der Waals surface area contributed by atoms with Crippen LogP contribution in [0, 0.1) is 0 Å². The molecular formula is C14H22N2O2. The van der Waals surface area contributed by atoms with Crippen molar-refractivity contribution in [3.8, 4) is 0 Å². The number of ether oxygens (including phenoxy) is 1. The van der Waals surface area contributed by atoms with E-state index in [-0.39, 0.29) is 12.0 Å². The summed E-state index contributed by atoms with van der Waals surface area (Å²) in [4.78, 5) is 13.7. The van der Waals surface area contributed by atoms with Crippen molar-refractivity contribution < 1.29 is 9.53 Å². The van der Waals surface area contributed by atoms with Crippen molar-refractivity contribution in [2.24, 2.45) is 5.73 Å². The maximum Gasteiger partial charge on any atom is 0.253 e. The largest absolute Gasteiger partial charge is 0.377 e. The zero-order chi connectivity index (χ0) is 13.5. The second-order valence-corrected chi connectivity index (χ2v) is 4.55. The van der Waals surface area contributed by atoms with Gasteiger partial charge in [0.1, 0.15) is 0 Å². The van der Waals surface area contributed by atoms with Crippen molar-refractivity contribution >= 4 is 5.91 Å². The first-order valence-corrected chi connectivity index (χ1v) is 6.20. The van der Waals surface area contributed by atoms with Gasteiger partial charge in [-0.15, -0.1) is 0 Å². The van der Waals surface area contributed by atoms with Gasteiger partial charge in [-0.3, -0.25) is 4.79 Å². The first-order valence-electron chi connectivity index (χ1n) is 6.20. The zero-order valence-corrected chi connectivity index (χ0v) is 11.3. The maximum absolute atomic E-state index is 12.1. The van der Waals surface area contributed by atoms with E-state index in [4.69, 9.17) is 10.5 Å². The number of carbonyl (C=O) groups is 1. The second kappa shape index (κ2) is 7.13. The number of hydrogen-bond donors (Lipinski definition) is 1. The van der Waals surface area contributed by atoms with Gasteiger partial charge < -0.3 is 15.4 Å². The van der Waals surface area contributed by atoms with E-state index in [9.17, 15) is 4.79 Å². The summed E-state index contributed by atoms with van der Waals surface area (Å²) in [7, 11) is 1.78. The SMILES string of the molecule is CC(C)OCCN(C)C(=O)c1ccc(CN)cc1. The summed E-state index contributed by atoms with van der Waals surface area (Å²) in [5.74, 6) is 0.00549. The molecule has 0 aliphatic rings. The van der Waals surface area contributed by atoms with Gasteiger partial charge in [0.2, 0.25) is 0 Å². The summed E-state index contributed by atoms with van der Waals surface area (Å²) >= 11 is 0. The van der Waals surface area contributed by atoms with Crippen LogP contribution in [-0.4, -0.2) is 37.1 Å². The molecular weight excluding hydrogens is 228 g/mol. The molecule has 0 saturated carbocycles. The molecule has 0 saturated heterocycles. The third-order valence-corrected chi connectivity index (χ3v) is 2.66. The van der Waals surface area contributed by atoms with Gasteiger partial charge in [0, 0.05) is 25.7 Å². The lowest BCUT2D eigenvalue weighted by Gasteiger charge is -2.18. The van der Waals surface area contributed by atoms with Crippen LogP contribution in [-0.2, 0) is 11.3 Å². The minimum Gasteiger partial charge on any atom is -0.377 e. The minimum atomic E-state index is 0.00549. The van der Waals surface area contributed by atoms with Gasteiger partial charge in [-0.2, -0.15) is 0 Å². The monoisotopic (exact) mass is 250 g/mol. The fourth-order valence-electron chi connectivity index (χ4n) is 1.53. The predicted molar refractivity (Wildman–Crippen MR) is 72.4 cm³/mol. The average molecular weight is 250 g/mol. The van der Waals surface area contributed by atoms with Gasteiger partial charge in [0.05, 0.1) is 12.7 Å². The molecule has 4 nitrogen and oxygen atoms in total. The third kappa shape index (κ3) is 4.47. The first-order chi connectivity index (χ1) is 8.54. The van der Waals surface area contributed by atoms with Gasteiger partial charge in [0.25, 0.3) is 5.91 Å². The number of benzene rings is 1. The van der Waals surface area contributed by atoms with Gasteiger partial charge in [0.15, 0.2) is 0 Å². The molecule has 100 valence electrons. The molecule has 1 aromatic carbocycles. The summed E-state index contributed by atoms with van der Waals surface area (Å²) in [5.41, 5.74) is 7.22. The molecule has 0 fully saturated rings. The van der Waals surface area contributed by atoms with Crippen LogP contribution < -0.4 is 5.73 Å². The lowest BCUT2D eigenvalue weighted by Crippen LogP contribution is -2.30. The number of likely N-dealkylation sites (N-methyl/N-ethyl adjacent to an activating group) is 1. The molecule has 1 amide bonds. The molecule has 1 aromatic rings. The number of carbonyl (C=O) groups excluding carboxylic acids is 1. The van der Waals surface area contributed by atoms with Crippen molar-refractivity contribution in [2.45, 2.75) is 26.5 Å². The van der Waals surface area contributed by atoms with Crippen LogP contribution in [0.2, 0.25) is 0 Å². The summed E-state index contributed by atoms with van der Waals surface area (Å²) in [6.45, 7) is 5.60. The Labute approximate surface area is 109 Å². The smallest absolute Gasteiger partial charge is 0.253 e. The van der Waals surface area contributed by atoms with E-state index in [0.29, 0.717) is 25.3 Å². The van der Waals surface area contributed by atoms with Gasteiger partial charge in [-0.1, -0.05) is 12.1 Å². The standard InChI is InChI=1S/C14H22N2O2/c1-11(2)18-9-8-16(3)14(17)13-6-4-12(10-15)5-7-13/h4-7,11H,8-10,15H2,1-3H3. The van der Waals surface area contributed by atoms with E-state index in [1.807, 2.05) is 38.1 Å². The lowest BCUT2D eigenvalue weighted by atomic mass is 10.1. The summed E-state index contributed by atoms with van der Waals surface area (Å²) in [6, 6.07) is 7.38. The molecule has 0 atom stereocenters. The Hall–Kier alpha value is -1.39. The Bertz CT molecular complexity index is 374. The van der Waals surface area contributed by atoms with Crippen molar-refractivity contribution in [1.29, 1.82) is 0 Å². The molecule has 1 rings (SSSR count). The van der Waals surface area contributed by atoms with Crippen LogP contribution in [0.4, 0.5) is 0 Å². The van der Waals surface area contributed by atoms with E-state index in [0.717, 1.165) is 5.56 Å². The van der Waals surface area contributed by atoms with Crippen molar-refractivity contribution in [3.63, 3.8) is 0 Å². The Kier molecular flexibility index (Phi) is 5.82. The molecule has 2 N–H and O–H groups in total. The molecule has 0 spiro atoms. The molecule has 0 radical (unpaired) electrons. The van der Waals surface area contributed by atoms with Crippen LogP contribution in [0.3, 0.4) is 0 Å². The minimum absolute atomic E-state index is 0.00549. The molecule has 0 bridgehead atoms. The average Bonchev–Trinajstić information content (AvgIpc) is 2.37. The first kappa shape index (κ1) is 14.7. The van der Waals surface area contributed by atoms with Crippen LogP contribution >= 0.6 is 0 Å². The molecule has 0 heterocycles. The lowest BCUT2D eigenvalue weighted by molar-refractivity contribution is 0.0532. The van der Waals surface area contributed by atoms with Crippen LogP contribution in [0.15, 0.2) is 24.3 Å². The molecule has 0 unspecified atom stereocenters. The quantitative estimate of drug-likeness (QED) is 0.835.